The Morgan fingerprint density at radius 2 is 1.80 bits per heavy atom. The molecular weight excluding hydrogens is 314 g/mol. The van der Waals surface area contributed by atoms with Gasteiger partial charge in [-0.25, -0.2) is 0 Å². The second kappa shape index (κ2) is 8.70. The molecule has 140 valence electrons. The molecule has 4 nitrogen and oxygen atoms in total. The van der Waals surface area contributed by atoms with E-state index in [0.717, 1.165) is 61.3 Å². The van der Waals surface area contributed by atoms with Gasteiger partial charge < -0.3 is 14.8 Å². The number of hydrogen-bond donors (Lipinski definition) is 1. The quantitative estimate of drug-likeness (QED) is 0.605. The summed E-state index contributed by atoms with van der Waals surface area (Å²) in [4.78, 5) is 12.9. The van der Waals surface area contributed by atoms with Crippen LogP contribution in [0.15, 0.2) is 12.1 Å². The molecule has 0 spiro atoms. The minimum atomic E-state index is -0.728. The number of hydrogen-bond acceptors (Lipinski definition) is 3. The molecule has 0 radical (unpaired) electrons. The highest BCUT2D eigenvalue weighted by atomic mass is 16.5. The lowest BCUT2D eigenvalue weighted by molar-refractivity contribution is -0.142. The Hall–Kier alpha value is -1.55. The molecule has 0 aliphatic heterocycles. The zero-order valence-electron chi connectivity index (χ0n) is 16.4. The van der Waals surface area contributed by atoms with E-state index in [1.54, 1.807) is 0 Å². The number of ether oxygens (including phenoxy) is 2. The number of rotatable bonds is 10. The van der Waals surface area contributed by atoms with Crippen molar-refractivity contribution in [1.82, 2.24) is 0 Å². The predicted molar refractivity (Wildman–Crippen MR) is 102 cm³/mol. The van der Waals surface area contributed by atoms with Crippen LogP contribution in [0.4, 0.5) is 5.69 Å². The van der Waals surface area contributed by atoms with Gasteiger partial charge in [-0.05, 0) is 75.6 Å². The third kappa shape index (κ3) is 4.97. The van der Waals surface area contributed by atoms with Gasteiger partial charge in [-0.3, -0.25) is 4.79 Å². The summed E-state index contributed by atoms with van der Waals surface area (Å²) in [6.07, 6.45) is 5.21. The van der Waals surface area contributed by atoms with Gasteiger partial charge in [0, 0.05) is 12.3 Å². The number of carbonyl (C=O) groups excluding carboxylic acids is 1. The normalized spacial score (nSPS) is 16.4. The van der Waals surface area contributed by atoms with Gasteiger partial charge in [0.2, 0.25) is 0 Å². The molecule has 1 saturated carbocycles. The van der Waals surface area contributed by atoms with Crippen LogP contribution in [0.3, 0.4) is 0 Å². The molecule has 0 bridgehead atoms. The number of amides is 1. The number of anilines is 1. The van der Waals surface area contributed by atoms with Gasteiger partial charge in [0.15, 0.2) is 0 Å². The Morgan fingerprint density at radius 3 is 2.32 bits per heavy atom. The molecule has 1 atom stereocenters. The largest absolute Gasteiger partial charge is 0.493 e. The lowest BCUT2D eigenvalue weighted by atomic mass is 9.98. The average Bonchev–Trinajstić information content (AvgIpc) is 3.40. The fourth-order valence-corrected chi connectivity index (χ4v) is 3.14. The summed E-state index contributed by atoms with van der Waals surface area (Å²) >= 11 is 0. The monoisotopic (exact) mass is 347 g/mol. The van der Waals surface area contributed by atoms with E-state index in [1.807, 2.05) is 32.9 Å². The molecule has 4 heteroatoms. The predicted octanol–water partition coefficient (Wildman–Crippen LogP) is 5.02. The summed E-state index contributed by atoms with van der Waals surface area (Å²) in [5.74, 6) is 1.22. The van der Waals surface area contributed by atoms with Crippen LogP contribution >= 0.6 is 0 Å². The number of aryl methyl sites for hydroxylation is 2. The van der Waals surface area contributed by atoms with Crippen molar-refractivity contribution >= 4 is 11.6 Å². The van der Waals surface area contributed by atoms with Crippen LogP contribution < -0.4 is 10.1 Å². The van der Waals surface area contributed by atoms with Crippen molar-refractivity contribution in [3.05, 3.63) is 23.3 Å². The maximum Gasteiger partial charge on any atom is 0.256 e. The highest BCUT2D eigenvalue weighted by molar-refractivity contribution is 5.97. The van der Waals surface area contributed by atoms with Crippen molar-refractivity contribution in [3.63, 3.8) is 0 Å². The molecule has 1 aromatic carbocycles. The van der Waals surface area contributed by atoms with E-state index < -0.39 is 5.60 Å². The number of carbonyl (C=O) groups is 1. The number of unbranched alkanes of at least 4 members (excludes halogenated alkanes) is 1. The molecule has 1 aromatic rings. The Bertz CT molecular complexity index is 572. The molecule has 2 rings (SSSR count). The summed E-state index contributed by atoms with van der Waals surface area (Å²) in [6, 6.07) is 3.97. The molecule has 1 aliphatic rings. The standard InChI is InChI=1S/C21H33NO3/c1-6-8-12-24-19-15(3)13-18(14-16(19)4)22-20(23)21(5,17-9-10-17)25-11-7-2/h13-14,17H,6-12H2,1-5H3,(H,22,23)/t21-/m0/s1. The Balaban J connectivity index is 2.09. The van der Waals surface area contributed by atoms with Crippen LogP contribution in [-0.2, 0) is 9.53 Å². The van der Waals surface area contributed by atoms with E-state index in [0.29, 0.717) is 12.5 Å². The highest BCUT2D eigenvalue weighted by Gasteiger charge is 2.48. The van der Waals surface area contributed by atoms with E-state index in [1.165, 1.54) is 0 Å². The average molecular weight is 347 g/mol. The fraction of sp³-hybridized carbons (Fsp3) is 0.667. The van der Waals surface area contributed by atoms with Gasteiger partial charge >= 0.3 is 0 Å². The zero-order chi connectivity index (χ0) is 18.4. The van der Waals surface area contributed by atoms with Crippen molar-refractivity contribution in [2.24, 2.45) is 5.92 Å². The van der Waals surface area contributed by atoms with Crippen LogP contribution in [0, 0.1) is 19.8 Å². The Labute approximate surface area is 152 Å². The molecule has 0 unspecified atom stereocenters. The van der Waals surface area contributed by atoms with E-state index in [2.05, 4.69) is 19.2 Å². The summed E-state index contributed by atoms with van der Waals surface area (Å²) < 4.78 is 11.8. The molecular formula is C21H33NO3. The van der Waals surface area contributed by atoms with Gasteiger partial charge in [0.05, 0.1) is 6.61 Å². The van der Waals surface area contributed by atoms with Crippen LogP contribution in [0.2, 0.25) is 0 Å². The first-order chi connectivity index (χ1) is 11.9. The first-order valence-electron chi connectivity index (χ1n) is 9.61. The number of nitrogens with one attached hydrogen (secondary N) is 1. The lowest BCUT2D eigenvalue weighted by Gasteiger charge is -2.29. The van der Waals surface area contributed by atoms with E-state index in [9.17, 15) is 4.79 Å². The van der Waals surface area contributed by atoms with Crippen LogP contribution in [0.1, 0.15) is 64.0 Å². The minimum absolute atomic E-state index is 0.0399. The maximum absolute atomic E-state index is 12.9. The topological polar surface area (TPSA) is 47.6 Å². The van der Waals surface area contributed by atoms with Crippen molar-refractivity contribution in [2.75, 3.05) is 18.5 Å². The summed E-state index contributed by atoms with van der Waals surface area (Å²) in [7, 11) is 0. The third-order valence-electron chi connectivity index (χ3n) is 4.88. The van der Waals surface area contributed by atoms with E-state index in [-0.39, 0.29) is 5.91 Å². The molecule has 1 fully saturated rings. The Morgan fingerprint density at radius 1 is 1.16 bits per heavy atom. The van der Waals surface area contributed by atoms with Crippen molar-refractivity contribution in [3.8, 4) is 5.75 Å². The second-order valence-corrected chi connectivity index (χ2v) is 7.33. The highest BCUT2D eigenvalue weighted by Crippen LogP contribution is 2.42. The first kappa shape index (κ1) is 19.8. The minimum Gasteiger partial charge on any atom is -0.493 e. The van der Waals surface area contributed by atoms with E-state index >= 15 is 0 Å². The number of benzene rings is 1. The molecule has 0 aromatic heterocycles. The van der Waals surface area contributed by atoms with Crippen LogP contribution in [-0.4, -0.2) is 24.7 Å². The van der Waals surface area contributed by atoms with Crippen LogP contribution in [0.25, 0.3) is 0 Å². The van der Waals surface area contributed by atoms with Gasteiger partial charge in [-0.1, -0.05) is 20.3 Å². The molecule has 1 amide bonds. The molecule has 25 heavy (non-hydrogen) atoms. The third-order valence-corrected chi connectivity index (χ3v) is 4.88. The van der Waals surface area contributed by atoms with Crippen molar-refractivity contribution in [1.29, 1.82) is 0 Å². The summed E-state index contributed by atoms with van der Waals surface area (Å²) in [6.45, 7) is 11.5. The SMILES string of the molecule is CCCCOc1c(C)cc(NC(=O)[C@@](C)(OCCC)C2CC2)cc1C. The van der Waals surface area contributed by atoms with E-state index in [4.69, 9.17) is 9.47 Å². The van der Waals surface area contributed by atoms with Gasteiger partial charge in [-0.2, -0.15) is 0 Å². The molecule has 0 heterocycles. The molecule has 1 N–H and O–H groups in total. The summed E-state index contributed by atoms with van der Waals surface area (Å²) in [5, 5.41) is 3.07. The first-order valence-corrected chi connectivity index (χ1v) is 9.61. The second-order valence-electron chi connectivity index (χ2n) is 7.33. The van der Waals surface area contributed by atoms with Crippen LogP contribution in [0.5, 0.6) is 5.75 Å². The fourth-order valence-electron chi connectivity index (χ4n) is 3.14. The van der Waals surface area contributed by atoms with Gasteiger partial charge in [-0.15, -0.1) is 0 Å². The molecule has 0 saturated heterocycles. The van der Waals surface area contributed by atoms with Gasteiger partial charge in [0.25, 0.3) is 5.91 Å². The smallest absolute Gasteiger partial charge is 0.256 e. The Kier molecular flexibility index (Phi) is 6.88. The van der Waals surface area contributed by atoms with Crippen molar-refractivity contribution < 1.29 is 14.3 Å². The lowest BCUT2D eigenvalue weighted by Crippen LogP contribution is -2.45. The van der Waals surface area contributed by atoms with Gasteiger partial charge in [0.1, 0.15) is 11.4 Å². The maximum atomic E-state index is 12.9. The van der Waals surface area contributed by atoms with Crippen molar-refractivity contribution in [2.45, 2.75) is 72.3 Å². The zero-order valence-corrected chi connectivity index (χ0v) is 16.4. The molecule has 1 aliphatic carbocycles. The summed E-state index contributed by atoms with van der Waals surface area (Å²) in [5.41, 5.74) is 2.19.